The Labute approximate surface area is 180 Å². The number of amides is 2. The number of carbonyl (C=O) groups excluding carboxylic acids is 4. The van der Waals surface area contributed by atoms with Gasteiger partial charge in [-0.1, -0.05) is 39.0 Å². The predicted octanol–water partition coefficient (Wildman–Crippen LogP) is 2.59. The molecule has 0 aliphatic carbocycles. The molecule has 0 spiro atoms. The molecule has 0 fully saturated rings. The SMILES string of the molecule is CC(C)(C)C(=O)Nc1ccc(C(=O)COC(=O)CNC(=O)COc2ccccc2)cc1. The maximum atomic E-state index is 12.2. The molecule has 0 atom stereocenters. The molecule has 0 bridgehead atoms. The number of esters is 1. The van der Waals surface area contributed by atoms with Crippen molar-refractivity contribution in [1.29, 1.82) is 0 Å². The maximum absolute atomic E-state index is 12.2. The van der Waals surface area contributed by atoms with Crippen LogP contribution >= 0.6 is 0 Å². The van der Waals surface area contributed by atoms with Gasteiger partial charge in [-0.15, -0.1) is 0 Å². The highest BCUT2D eigenvalue weighted by Gasteiger charge is 2.21. The number of hydrogen-bond donors (Lipinski definition) is 2. The van der Waals surface area contributed by atoms with Gasteiger partial charge in [0.2, 0.25) is 5.91 Å². The van der Waals surface area contributed by atoms with E-state index in [2.05, 4.69) is 10.6 Å². The zero-order chi connectivity index (χ0) is 22.9. The van der Waals surface area contributed by atoms with Crippen LogP contribution < -0.4 is 15.4 Å². The topological polar surface area (TPSA) is 111 Å². The molecule has 8 heteroatoms. The van der Waals surface area contributed by atoms with Crippen LogP contribution in [0.4, 0.5) is 5.69 Å². The molecule has 0 aliphatic heterocycles. The van der Waals surface area contributed by atoms with Crippen LogP contribution in [0.15, 0.2) is 54.6 Å². The third kappa shape index (κ3) is 8.30. The Kier molecular flexibility index (Phi) is 8.31. The van der Waals surface area contributed by atoms with Crippen molar-refractivity contribution in [3.05, 3.63) is 60.2 Å². The monoisotopic (exact) mass is 426 g/mol. The first kappa shape index (κ1) is 23.6. The third-order valence-electron chi connectivity index (χ3n) is 4.05. The van der Waals surface area contributed by atoms with Gasteiger partial charge in [0.15, 0.2) is 19.0 Å². The molecule has 2 N–H and O–H groups in total. The molecular weight excluding hydrogens is 400 g/mol. The summed E-state index contributed by atoms with van der Waals surface area (Å²) in [6, 6.07) is 15.1. The quantitative estimate of drug-likeness (QED) is 0.471. The summed E-state index contributed by atoms with van der Waals surface area (Å²) in [6.07, 6.45) is 0. The van der Waals surface area contributed by atoms with Gasteiger partial charge in [0.05, 0.1) is 0 Å². The summed E-state index contributed by atoms with van der Waals surface area (Å²) in [5.74, 6) is -1.23. The van der Waals surface area contributed by atoms with Gasteiger partial charge in [-0.05, 0) is 36.4 Å². The number of ketones is 1. The lowest BCUT2D eigenvalue weighted by Crippen LogP contribution is -2.34. The summed E-state index contributed by atoms with van der Waals surface area (Å²) in [7, 11) is 0. The molecule has 2 aromatic carbocycles. The van der Waals surface area contributed by atoms with Gasteiger partial charge in [-0.25, -0.2) is 0 Å². The minimum atomic E-state index is -0.740. The van der Waals surface area contributed by atoms with E-state index >= 15 is 0 Å². The first-order chi connectivity index (χ1) is 14.6. The Bertz CT molecular complexity index is 917. The molecule has 0 radical (unpaired) electrons. The summed E-state index contributed by atoms with van der Waals surface area (Å²) >= 11 is 0. The molecule has 31 heavy (non-hydrogen) atoms. The largest absolute Gasteiger partial charge is 0.484 e. The smallest absolute Gasteiger partial charge is 0.325 e. The molecule has 2 rings (SSSR count). The standard InChI is InChI=1S/C23H26N2O6/c1-23(2,3)22(29)25-17-11-9-16(10-12-17)19(26)14-31-21(28)13-24-20(27)15-30-18-7-5-4-6-8-18/h4-12H,13-15H2,1-3H3,(H,24,27)(H,25,29). The highest BCUT2D eigenvalue weighted by atomic mass is 16.5. The molecule has 2 amide bonds. The third-order valence-corrected chi connectivity index (χ3v) is 4.05. The average Bonchev–Trinajstić information content (AvgIpc) is 2.75. The van der Waals surface area contributed by atoms with E-state index in [-0.39, 0.29) is 19.1 Å². The number of benzene rings is 2. The van der Waals surface area contributed by atoms with Crippen molar-refractivity contribution in [2.24, 2.45) is 5.41 Å². The van der Waals surface area contributed by atoms with Crippen molar-refractivity contribution in [1.82, 2.24) is 5.32 Å². The fraction of sp³-hybridized carbons (Fsp3) is 0.304. The van der Waals surface area contributed by atoms with Crippen LogP contribution in [0.3, 0.4) is 0 Å². The predicted molar refractivity (Wildman–Crippen MR) is 115 cm³/mol. The highest BCUT2D eigenvalue weighted by molar-refractivity contribution is 5.99. The van der Waals surface area contributed by atoms with Gasteiger partial charge in [0, 0.05) is 16.7 Å². The van der Waals surface area contributed by atoms with Crippen LogP contribution in [-0.2, 0) is 19.1 Å². The lowest BCUT2D eigenvalue weighted by molar-refractivity contribution is -0.143. The summed E-state index contributed by atoms with van der Waals surface area (Å²) in [5.41, 5.74) is 0.363. The van der Waals surface area contributed by atoms with Crippen LogP contribution in [0.25, 0.3) is 0 Å². The summed E-state index contributed by atoms with van der Waals surface area (Å²) in [6.45, 7) is 4.33. The number of nitrogens with one attached hydrogen (secondary N) is 2. The minimum Gasteiger partial charge on any atom is -0.484 e. The molecule has 0 heterocycles. The van der Waals surface area contributed by atoms with Gasteiger partial charge < -0.3 is 20.1 Å². The Morgan fingerprint density at radius 3 is 2.13 bits per heavy atom. The molecule has 0 saturated heterocycles. The van der Waals surface area contributed by atoms with E-state index in [4.69, 9.17) is 9.47 Å². The van der Waals surface area contributed by atoms with Gasteiger partial charge >= 0.3 is 5.97 Å². The van der Waals surface area contributed by atoms with E-state index in [0.717, 1.165) is 0 Å². The van der Waals surface area contributed by atoms with Gasteiger partial charge in [0.25, 0.3) is 5.91 Å². The van der Waals surface area contributed by atoms with E-state index in [9.17, 15) is 19.2 Å². The van der Waals surface area contributed by atoms with Crippen LogP contribution in [0.5, 0.6) is 5.75 Å². The van der Waals surface area contributed by atoms with Crippen LogP contribution in [0, 0.1) is 5.41 Å². The second-order valence-corrected chi connectivity index (χ2v) is 7.74. The number of Topliss-reactive ketones (excluding diaryl/α,β-unsaturated/α-hetero) is 1. The maximum Gasteiger partial charge on any atom is 0.325 e. The van der Waals surface area contributed by atoms with Gasteiger partial charge in [-0.3, -0.25) is 19.2 Å². The Balaban J connectivity index is 1.70. The number of para-hydroxylation sites is 1. The zero-order valence-electron chi connectivity index (χ0n) is 17.8. The average molecular weight is 426 g/mol. The van der Waals surface area contributed by atoms with Crippen molar-refractivity contribution in [2.45, 2.75) is 20.8 Å². The first-order valence-corrected chi connectivity index (χ1v) is 9.70. The summed E-state index contributed by atoms with van der Waals surface area (Å²) in [4.78, 5) is 47.6. The van der Waals surface area contributed by atoms with Crippen molar-refractivity contribution in [2.75, 3.05) is 25.1 Å². The lowest BCUT2D eigenvalue weighted by atomic mass is 9.95. The fourth-order valence-electron chi connectivity index (χ4n) is 2.23. The second-order valence-electron chi connectivity index (χ2n) is 7.74. The fourth-order valence-corrected chi connectivity index (χ4v) is 2.23. The van der Waals surface area contributed by atoms with Crippen LogP contribution in [-0.4, -0.2) is 43.3 Å². The highest BCUT2D eigenvalue weighted by Crippen LogP contribution is 2.18. The Morgan fingerprint density at radius 2 is 1.52 bits per heavy atom. The minimum absolute atomic E-state index is 0.142. The molecule has 164 valence electrons. The molecule has 0 unspecified atom stereocenters. The molecule has 0 aliphatic rings. The Hall–Kier alpha value is -3.68. The van der Waals surface area contributed by atoms with Crippen molar-refractivity contribution in [3.63, 3.8) is 0 Å². The summed E-state index contributed by atoms with van der Waals surface area (Å²) < 4.78 is 10.2. The summed E-state index contributed by atoms with van der Waals surface area (Å²) in [5, 5.41) is 5.12. The number of ether oxygens (including phenoxy) is 2. The normalized spacial score (nSPS) is 10.7. The molecule has 0 aromatic heterocycles. The van der Waals surface area contributed by atoms with Crippen molar-refractivity contribution in [3.8, 4) is 5.75 Å². The van der Waals surface area contributed by atoms with E-state index in [1.807, 2.05) is 6.07 Å². The van der Waals surface area contributed by atoms with E-state index in [1.54, 1.807) is 57.2 Å². The zero-order valence-corrected chi connectivity index (χ0v) is 17.8. The van der Waals surface area contributed by atoms with Crippen LogP contribution in [0.1, 0.15) is 31.1 Å². The molecular formula is C23H26N2O6. The number of carbonyl (C=O) groups is 4. The van der Waals surface area contributed by atoms with Crippen LogP contribution in [0.2, 0.25) is 0 Å². The van der Waals surface area contributed by atoms with Crippen molar-refractivity contribution < 1.29 is 28.7 Å². The second kappa shape index (κ2) is 10.9. The number of hydrogen-bond acceptors (Lipinski definition) is 6. The number of rotatable bonds is 9. The first-order valence-electron chi connectivity index (χ1n) is 9.70. The molecule has 2 aromatic rings. The number of anilines is 1. The van der Waals surface area contributed by atoms with E-state index in [0.29, 0.717) is 17.0 Å². The Morgan fingerprint density at radius 1 is 0.871 bits per heavy atom. The van der Waals surface area contributed by atoms with Gasteiger partial charge in [0.1, 0.15) is 12.3 Å². The molecule has 8 nitrogen and oxygen atoms in total. The van der Waals surface area contributed by atoms with Gasteiger partial charge in [-0.2, -0.15) is 0 Å². The van der Waals surface area contributed by atoms with E-state index in [1.165, 1.54) is 12.1 Å². The lowest BCUT2D eigenvalue weighted by Gasteiger charge is -2.17. The molecule has 0 saturated carbocycles. The van der Waals surface area contributed by atoms with Crippen molar-refractivity contribution >= 4 is 29.3 Å². The van der Waals surface area contributed by atoms with E-state index < -0.39 is 29.7 Å².